The third-order valence-electron chi connectivity index (χ3n) is 3.09. The molecule has 1 aromatic carbocycles. The molecule has 0 fully saturated rings. The van der Waals surface area contributed by atoms with Gasteiger partial charge in [0.1, 0.15) is 11.8 Å². The quantitative estimate of drug-likeness (QED) is 0.270. The number of hydrogen-bond acceptors (Lipinski definition) is 4. The minimum atomic E-state index is -0.912. The maximum Gasteiger partial charge on any atom is 0.320 e. The number of aromatic hydroxyl groups is 1. The van der Waals surface area contributed by atoms with Crippen LogP contribution in [0.25, 0.3) is 0 Å². The molecule has 7 heteroatoms. The van der Waals surface area contributed by atoms with E-state index in [1.165, 1.54) is 0 Å². The first-order valence-electron chi connectivity index (χ1n) is 6.73. The number of phenolic OH excluding ortho intramolecular Hbond substituents is 1. The fraction of sp³-hybridized carbons (Fsp3) is 0.429. The second-order valence-corrected chi connectivity index (χ2v) is 4.82. The normalized spacial score (nSPS) is 13.4. The molecule has 0 saturated carbocycles. The van der Waals surface area contributed by atoms with E-state index >= 15 is 0 Å². The van der Waals surface area contributed by atoms with Gasteiger partial charge in [-0.3, -0.25) is 15.1 Å². The molecule has 0 amide bonds. The SMILES string of the molecule is CC(N[C@H](CCCN=C(N)N)C(=O)O)c1ccc(O)cc1. The van der Waals surface area contributed by atoms with Crippen molar-refractivity contribution >= 4 is 11.9 Å². The Bertz CT molecular complexity index is 483. The number of nitrogens with two attached hydrogens (primary N) is 2. The number of phenols is 1. The smallest absolute Gasteiger partial charge is 0.320 e. The van der Waals surface area contributed by atoms with Gasteiger partial charge in [0.2, 0.25) is 0 Å². The Morgan fingerprint density at radius 2 is 1.95 bits per heavy atom. The lowest BCUT2D eigenvalue weighted by Gasteiger charge is -2.20. The predicted molar refractivity (Wildman–Crippen MR) is 81.0 cm³/mol. The first kappa shape index (κ1) is 16.8. The lowest BCUT2D eigenvalue weighted by molar-refractivity contribution is -0.139. The Labute approximate surface area is 123 Å². The maximum absolute atomic E-state index is 11.3. The van der Waals surface area contributed by atoms with Crippen molar-refractivity contribution in [1.82, 2.24) is 5.32 Å². The van der Waals surface area contributed by atoms with Gasteiger partial charge < -0.3 is 21.7 Å². The highest BCUT2D eigenvalue weighted by Gasteiger charge is 2.19. The monoisotopic (exact) mass is 294 g/mol. The summed E-state index contributed by atoms with van der Waals surface area (Å²) in [5.41, 5.74) is 11.3. The van der Waals surface area contributed by atoms with Crippen LogP contribution in [0.15, 0.2) is 29.3 Å². The number of carboxylic acid groups (broad SMARTS) is 1. The van der Waals surface area contributed by atoms with Crippen LogP contribution in [0.2, 0.25) is 0 Å². The molecule has 0 saturated heterocycles. The minimum absolute atomic E-state index is 0.00676. The number of carboxylic acids is 1. The van der Waals surface area contributed by atoms with E-state index in [1.807, 2.05) is 6.92 Å². The van der Waals surface area contributed by atoms with Crippen LogP contribution in [0.1, 0.15) is 31.4 Å². The van der Waals surface area contributed by atoms with E-state index in [0.29, 0.717) is 19.4 Å². The van der Waals surface area contributed by atoms with Crippen molar-refractivity contribution in [2.45, 2.75) is 31.8 Å². The summed E-state index contributed by atoms with van der Waals surface area (Å²) < 4.78 is 0. The summed E-state index contributed by atoms with van der Waals surface area (Å²) in [7, 11) is 0. The predicted octanol–water partition coefficient (Wildman–Crippen LogP) is 0.550. The van der Waals surface area contributed by atoms with Crippen LogP contribution < -0.4 is 16.8 Å². The molecule has 1 rings (SSSR count). The summed E-state index contributed by atoms with van der Waals surface area (Å²) in [5.74, 6) is -0.726. The average molecular weight is 294 g/mol. The number of aliphatic imine (C=N–C) groups is 1. The number of nitrogens with zero attached hydrogens (tertiary/aromatic N) is 1. The molecule has 1 aromatic rings. The number of rotatable bonds is 8. The van der Waals surface area contributed by atoms with E-state index in [1.54, 1.807) is 24.3 Å². The molecule has 7 nitrogen and oxygen atoms in total. The first-order chi connectivity index (χ1) is 9.90. The van der Waals surface area contributed by atoms with Crippen molar-refractivity contribution in [3.63, 3.8) is 0 Å². The van der Waals surface area contributed by atoms with E-state index < -0.39 is 12.0 Å². The summed E-state index contributed by atoms with van der Waals surface area (Å²) in [6, 6.07) is 5.83. The van der Waals surface area contributed by atoms with Gasteiger partial charge in [0.25, 0.3) is 0 Å². The minimum Gasteiger partial charge on any atom is -0.508 e. The molecule has 7 N–H and O–H groups in total. The van der Waals surface area contributed by atoms with E-state index in [-0.39, 0.29) is 17.8 Å². The van der Waals surface area contributed by atoms with Gasteiger partial charge >= 0.3 is 5.97 Å². The van der Waals surface area contributed by atoms with Gasteiger partial charge in [-0.2, -0.15) is 0 Å². The van der Waals surface area contributed by atoms with Crippen molar-refractivity contribution < 1.29 is 15.0 Å². The van der Waals surface area contributed by atoms with Gasteiger partial charge in [0, 0.05) is 12.6 Å². The average Bonchev–Trinajstić information content (AvgIpc) is 2.42. The lowest BCUT2D eigenvalue weighted by Crippen LogP contribution is -2.38. The lowest BCUT2D eigenvalue weighted by atomic mass is 10.1. The molecule has 1 unspecified atom stereocenters. The fourth-order valence-electron chi connectivity index (χ4n) is 1.94. The van der Waals surface area contributed by atoms with Crippen LogP contribution in [-0.2, 0) is 4.79 Å². The molecule has 2 atom stereocenters. The van der Waals surface area contributed by atoms with Crippen molar-refractivity contribution in [3.05, 3.63) is 29.8 Å². The Hall–Kier alpha value is -2.28. The van der Waals surface area contributed by atoms with Gasteiger partial charge in [-0.1, -0.05) is 12.1 Å². The summed E-state index contributed by atoms with van der Waals surface area (Å²) in [5, 5.41) is 21.5. The van der Waals surface area contributed by atoms with Crippen LogP contribution in [-0.4, -0.2) is 34.7 Å². The van der Waals surface area contributed by atoms with Gasteiger partial charge in [-0.25, -0.2) is 0 Å². The number of benzene rings is 1. The summed E-state index contributed by atoms with van der Waals surface area (Å²) in [6.07, 6.45) is 0.999. The molecule has 0 bridgehead atoms. The topological polar surface area (TPSA) is 134 Å². The summed E-state index contributed by atoms with van der Waals surface area (Å²) >= 11 is 0. The fourth-order valence-corrected chi connectivity index (χ4v) is 1.94. The van der Waals surface area contributed by atoms with Gasteiger partial charge in [0.05, 0.1) is 0 Å². The largest absolute Gasteiger partial charge is 0.508 e. The van der Waals surface area contributed by atoms with Crippen LogP contribution in [0.3, 0.4) is 0 Å². The van der Waals surface area contributed by atoms with Crippen LogP contribution in [0, 0.1) is 0 Å². The molecule has 0 aromatic heterocycles. The van der Waals surface area contributed by atoms with E-state index in [0.717, 1.165) is 5.56 Å². The second-order valence-electron chi connectivity index (χ2n) is 4.82. The highest BCUT2D eigenvalue weighted by atomic mass is 16.4. The zero-order valence-corrected chi connectivity index (χ0v) is 12.0. The molecule has 21 heavy (non-hydrogen) atoms. The highest BCUT2D eigenvalue weighted by Crippen LogP contribution is 2.17. The number of guanidine groups is 1. The summed E-state index contributed by atoms with van der Waals surface area (Å²) in [4.78, 5) is 15.1. The number of aliphatic carboxylic acids is 1. The van der Waals surface area contributed by atoms with Gasteiger partial charge in [-0.05, 0) is 37.5 Å². The molecule has 0 aliphatic rings. The van der Waals surface area contributed by atoms with Crippen molar-refractivity contribution in [2.24, 2.45) is 16.5 Å². The van der Waals surface area contributed by atoms with Gasteiger partial charge in [0.15, 0.2) is 5.96 Å². The van der Waals surface area contributed by atoms with Crippen LogP contribution in [0.5, 0.6) is 5.75 Å². The highest BCUT2D eigenvalue weighted by molar-refractivity contribution is 5.75. The Morgan fingerprint density at radius 1 is 1.33 bits per heavy atom. The van der Waals surface area contributed by atoms with Crippen molar-refractivity contribution in [3.8, 4) is 5.75 Å². The van der Waals surface area contributed by atoms with Crippen molar-refractivity contribution in [1.29, 1.82) is 0 Å². The molecule has 0 spiro atoms. The number of nitrogens with one attached hydrogen (secondary N) is 1. The van der Waals surface area contributed by atoms with E-state index in [9.17, 15) is 15.0 Å². The Kier molecular flexibility index (Phi) is 6.48. The van der Waals surface area contributed by atoms with Crippen LogP contribution in [0.4, 0.5) is 0 Å². The Morgan fingerprint density at radius 3 is 2.48 bits per heavy atom. The first-order valence-corrected chi connectivity index (χ1v) is 6.73. The number of carbonyl (C=O) groups is 1. The molecule has 0 radical (unpaired) electrons. The summed E-state index contributed by atoms with van der Waals surface area (Å²) in [6.45, 7) is 2.28. The molecule has 0 heterocycles. The van der Waals surface area contributed by atoms with Crippen LogP contribution >= 0.6 is 0 Å². The third-order valence-corrected chi connectivity index (χ3v) is 3.09. The van der Waals surface area contributed by atoms with Crippen molar-refractivity contribution in [2.75, 3.05) is 6.54 Å². The molecular weight excluding hydrogens is 272 g/mol. The van der Waals surface area contributed by atoms with E-state index in [2.05, 4.69) is 10.3 Å². The molecule has 0 aliphatic heterocycles. The zero-order chi connectivity index (χ0) is 15.8. The maximum atomic E-state index is 11.3. The van der Waals surface area contributed by atoms with E-state index in [4.69, 9.17) is 11.5 Å². The Balaban J connectivity index is 2.55. The second kappa shape index (κ2) is 8.11. The standard InChI is InChI=1S/C14H22N4O3/c1-9(10-4-6-11(19)7-5-10)18-12(13(20)21)3-2-8-17-14(15)16/h4-7,9,12,18-19H,2-3,8H2,1H3,(H,20,21)(H4,15,16,17)/t9?,12-/m1/s1. The molecule has 0 aliphatic carbocycles. The number of hydrogen-bond donors (Lipinski definition) is 5. The van der Waals surface area contributed by atoms with Gasteiger partial charge in [-0.15, -0.1) is 0 Å². The molecular formula is C14H22N4O3. The molecule has 116 valence electrons. The zero-order valence-electron chi connectivity index (χ0n) is 12.0. The third kappa shape index (κ3) is 6.13.